The maximum absolute atomic E-state index is 12.3. The number of pyridine rings is 1. The van der Waals surface area contributed by atoms with E-state index in [1.54, 1.807) is 18.5 Å². The van der Waals surface area contributed by atoms with Crippen molar-refractivity contribution in [3.8, 4) is 0 Å². The first-order valence-electron chi connectivity index (χ1n) is 6.94. The normalized spacial score (nSPS) is 23.5. The quantitative estimate of drug-likeness (QED) is 0.442. The van der Waals surface area contributed by atoms with Crippen LogP contribution in [-0.4, -0.2) is 16.9 Å². The highest BCUT2D eigenvalue weighted by atomic mass is 16.1. The Hall–Kier alpha value is -1.62. The third-order valence-corrected chi connectivity index (χ3v) is 3.90. The molecule has 2 unspecified atom stereocenters. The van der Waals surface area contributed by atoms with Crippen LogP contribution < -0.4 is 16.6 Å². The molecule has 5 nitrogen and oxygen atoms in total. The van der Waals surface area contributed by atoms with Crippen molar-refractivity contribution in [2.24, 2.45) is 11.8 Å². The summed E-state index contributed by atoms with van der Waals surface area (Å²) in [4.78, 5) is 16.3. The van der Waals surface area contributed by atoms with E-state index in [-0.39, 0.29) is 11.9 Å². The van der Waals surface area contributed by atoms with Crippen molar-refractivity contribution in [2.75, 3.05) is 5.43 Å². The molecule has 1 aromatic heterocycles. The number of carbonyl (C=O) groups is 1. The predicted octanol–water partition coefficient (Wildman–Crippen LogP) is 2.07. The van der Waals surface area contributed by atoms with Crippen LogP contribution in [0.4, 0.5) is 5.69 Å². The number of nitrogens with one attached hydrogen (secondary N) is 2. The molecule has 1 amide bonds. The van der Waals surface area contributed by atoms with Gasteiger partial charge in [-0.15, -0.1) is 0 Å². The number of rotatable bonds is 3. The standard InChI is InChI=1S/C14H22N4O/c1-10-5-3-2-4-6-12(10)17-14(19)11-7-8-16-9-13(11)18-15/h7-10,12,18H,2-6,15H2,1H3,(H,17,19). The number of amides is 1. The van der Waals surface area contributed by atoms with Gasteiger partial charge in [-0.25, -0.2) is 0 Å². The number of carbonyl (C=O) groups excluding carboxylic acids is 1. The molecule has 104 valence electrons. The lowest BCUT2D eigenvalue weighted by Gasteiger charge is -2.23. The second-order valence-corrected chi connectivity index (χ2v) is 5.26. The van der Waals surface area contributed by atoms with Crippen molar-refractivity contribution < 1.29 is 4.79 Å². The van der Waals surface area contributed by atoms with E-state index >= 15 is 0 Å². The van der Waals surface area contributed by atoms with Crippen LogP contribution in [-0.2, 0) is 0 Å². The minimum absolute atomic E-state index is 0.0749. The first-order chi connectivity index (χ1) is 9.22. The third-order valence-electron chi connectivity index (χ3n) is 3.90. The summed E-state index contributed by atoms with van der Waals surface area (Å²) in [5.41, 5.74) is 3.62. The molecule has 1 aliphatic rings. The van der Waals surface area contributed by atoms with Gasteiger partial charge in [0.15, 0.2) is 0 Å². The summed E-state index contributed by atoms with van der Waals surface area (Å²) < 4.78 is 0. The summed E-state index contributed by atoms with van der Waals surface area (Å²) >= 11 is 0. The molecule has 2 atom stereocenters. The second kappa shape index (κ2) is 6.52. The number of nitrogens with two attached hydrogens (primary N) is 1. The lowest BCUT2D eigenvalue weighted by molar-refractivity contribution is 0.0922. The van der Waals surface area contributed by atoms with Gasteiger partial charge in [0, 0.05) is 12.2 Å². The molecule has 0 radical (unpaired) electrons. The van der Waals surface area contributed by atoms with E-state index in [0.717, 1.165) is 6.42 Å². The molecule has 0 spiro atoms. The molecule has 1 fully saturated rings. The Bertz CT molecular complexity index is 435. The summed E-state index contributed by atoms with van der Waals surface area (Å²) in [6, 6.07) is 1.94. The topological polar surface area (TPSA) is 80.0 Å². The molecule has 0 bridgehead atoms. The molecule has 5 heteroatoms. The lowest BCUT2D eigenvalue weighted by atomic mass is 9.96. The molecule has 1 aliphatic carbocycles. The van der Waals surface area contributed by atoms with Crippen LogP contribution in [0.25, 0.3) is 0 Å². The van der Waals surface area contributed by atoms with E-state index < -0.39 is 0 Å². The fraction of sp³-hybridized carbons (Fsp3) is 0.571. The number of nitrogen functional groups attached to an aromatic ring is 1. The SMILES string of the molecule is CC1CCCCCC1NC(=O)c1ccncc1NN. The van der Waals surface area contributed by atoms with E-state index in [0.29, 0.717) is 17.2 Å². The largest absolute Gasteiger partial charge is 0.349 e. The minimum atomic E-state index is -0.0749. The summed E-state index contributed by atoms with van der Waals surface area (Å²) in [6.45, 7) is 2.21. The predicted molar refractivity (Wildman–Crippen MR) is 75.6 cm³/mol. The maximum atomic E-state index is 12.3. The van der Waals surface area contributed by atoms with Gasteiger partial charge in [-0.1, -0.05) is 26.2 Å². The molecule has 19 heavy (non-hydrogen) atoms. The average Bonchev–Trinajstić information content (AvgIpc) is 2.64. The smallest absolute Gasteiger partial charge is 0.253 e. The Morgan fingerprint density at radius 2 is 2.16 bits per heavy atom. The van der Waals surface area contributed by atoms with Crippen LogP contribution in [0, 0.1) is 5.92 Å². The average molecular weight is 262 g/mol. The van der Waals surface area contributed by atoms with Crippen molar-refractivity contribution in [3.05, 3.63) is 24.0 Å². The molecule has 0 aromatic carbocycles. The Balaban J connectivity index is 2.07. The van der Waals surface area contributed by atoms with Crippen molar-refractivity contribution >= 4 is 11.6 Å². The molecule has 0 aliphatic heterocycles. The Morgan fingerprint density at radius 3 is 2.95 bits per heavy atom. The van der Waals surface area contributed by atoms with Crippen LogP contribution in [0.5, 0.6) is 0 Å². The number of hydrazine groups is 1. The van der Waals surface area contributed by atoms with E-state index in [1.807, 2.05) is 0 Å². The molecule has 2 rings (SSSR count). The molecule has 1 saturated carbocycles. The Labute approximate surface area is 114 Å². The fourth-order valence-electron chi connectivity index (χ4n) is 2.66. The second-order valence-electron chi connectivity index (χ2n) is 5.26. The van der Waals surface area contributed by atoms with Gasteiger partial charge >= 0.3 is 0 Å². The maximum Gasteiger partial charge on any atom is 0.253 e. The van der Waals surface area contributed by atoms with Crippen LogP contribution in [0.3, 0.4) is 0 Å². The van der Waals surface area contributed by atoms with Crippen LogP contribution in [0.2, 0.25) is 0 Å². The summed E-state index contributed by atoms with van der Waals surface area (Å²) in [7, 11) is 0. The van der Waals surface area contributed by atoms with E-state index in [1.165, 1.54) is 25.7 Å². The highest BCUT2D eigenvalue weighted by molar-refractivity contribution is 5.99. The van der Waals surface area contributed by atoms with Crippen molar-refractivity contribution in [1.82, 2.24) is 10.3 Å². The third kappa shape index (κ3) is 3.44. The summed E-state index contributed by atoms with van der Waals surface area (Å²) in [5.74, 6) is 5.86. The van der Waals surface area contributed by atoms with Gasteiger partial charge in [-0.3, -0.25) is 15.6 Å². The summed E-state index contributed by atoms with van der Waals surface area (Å²) in [5, 5.41) is 3.14. The van der Waals surface area contributed by atoms with Gasteiger partial charge in [-0.2, -0.15) is 0 Å². The fourth-order valence-corrected chi connectivity index (χ4v) is 2.66. The van der Waals surface area contributed by atoms with Gasteiger partial charge < -0.3 is 10.7 Å². The summed E-state index contributed by atoms with van der Waals surface area (Å²) in [6.07, 6.45) is 9.12. The van der Waals surface area contributed by atoms with Gasteiger partial charge in [0.2, 0.25) is 0 Å². The van der Waals surface area contributed by atoms with Gasteiger partial charge in [0.05, 0.1) is 17.4 Å². The zero-order valence-electron chi connectivity index (χ0n) is 11.4. The molecule has 4 N–H and O–H groups in total. The lowest BCUT2D eigenvalue weighted by Crippen LogP contribution is -2.39. The van der Waals surface area contributed by atoms with E-state index in [2.05, 4.69) is 22.7 Å². The Morgan fingerprint density at radius 1 is 1.37 bits per heavy atom. The molecular formula is C14H22N4O. The zero-order chi connectivity index (χ0) is 13.7. The number of aromatic nitrogens is 1. The highest BCUT2D eigenvalue weighted by Gasteiger charge is 2.22. The monoisotopic (exact) mass is 262 g/mol. The van der Waals surface area contributed by atoms with Gasteiger partial charge in [0.1, 0.15) is 0 Å². The van der Waals surface area contributed by atoms with Gasteiger partial charge in [-0.05, 0) is 24.8 Å². The molecule has 1 aromatic rings. The van der Waals surface area contributed by atoms with Crippen molar-refractivity contribution in [2.45, 2.75) is 45.1 Å². The number of nitrogens with zero attached hydrogens (tertiary/aromatic N) is 1. The first-order valence-corrected chi connectivity index (χ1v) is 6.94. The van der Waals surface area contributed by atoms with E-state index in [4.69, 9.17) is 5.84 Å². The molecule has 1 heterocycles. The highest BCUT2D eigenvalue weighted by Crippen LogP contribution is 2.23. The van der Waals surface area contributed by atoms with Gasteiger partial charge in [0.25, 0.3) is 5.91 Å². The van der Waals surface area contributed by atoms with E-state index in [9.17, 15) is 4.79 Å². The minimum Gasteiger partial charge on any atom is -0.349 e. The zero-order valence-corrected chi connectivity index (χ0v) is 11.4. The molecule has 0 saturated heterocycles. The Kier molecular flexibility index (Phi) is 4.74. The van der Waals surface area contributed by atoms with Crippen molar-refractivity contribution in [1.29, 1.82) is 0 Å². The van der Waals surface area contributed by atoms with Crippen molar-refractivity contribution in [3.63, 3.8) is 0 Å². The number of anilines is 1. The van der Waals surface area contributed by atoms with Crippen LogP contribution in [0.1, 0.15) is 49.4 Å². The first kappa shape index (κ1) is 13.8. The number of hydrogen-bond donors (Lipinski definition) is 3. The van der Waals surface area contributed by atoms with Crippen LogP contribution in [0.15, 0.2) is 18.5 Å². The number of hydrogen-bond acceptors (Lipinski definition) is 4. The van der Waals surface area contributed by atoms with Crippen LogP contribution >= 0.6 is 0 Å². The molecular weight excluding hydrogens is 240 g/mol.